The molecule has 0 unspecified atom stereocenters. The molecule has 78 valence electrons. The first kappa shape index (κ1) is 9.97. The van der Waals surface area contributed by atoms with Crippen molar-refractivity contribution in [3.63, 3.8) is 0 Å². The highest BCUT2D eigenvalue weighted by Crippen LogP contribution is 2.30. The second-order valence-electron chi connectivity index (χ2n) is 4.01. The van der Waals surface area contributed by atoms with Crippen LogP contribution in [0.25, 0.3) is 11.3 Å². The Labute approximate surface area is 90.0 Å². The number of oxazole rings is 1. The van der Waals surface area contributed by atoms with Gasteiger partial charge in [0, 0.05) is 5.56 Å². The van der Waals surface area contributed by atoms with E-state index in [1.165, 1.54) is 34.2 Å². The van der Waals surface area contributed by atoms with Crippen molar-refractivity contribution in [3.05, 3.63) is 41.0 Å². The molecule has 2 aromatic rings. The number of rotatable bonds is 1. The summed E-state index contributed by atoms with van der Waals surface area (Å²) in [6.07, 6.45) is 3.18. The monoisotopic (exact) mass is 201 g/mol. The van der Waals surface area contributed by atoms with E-state index in [9.17, 15) is 0 Å². The third-order valence-electron chi connectivity index (χ3n) is 3.05. The Morgan fingerprint density at radius 3 is 2.07 bits per heavy atom. The van der Waals surface area contributed by atoms with Gasteiger partial charge in [-0.25, -0.2) is 4.98 Å². The molecule has 2 rings (SSSR count). The molecule has 0 aliphatic carbocycles. The van der Waals surface area contributed by atoms with Crippen LogP contribution in [0.4, 0.5) is 0 Å². The highest BCUT2D eigenvalue weighted by Gasteiger charge is 2.12. The van der Waals surface area contributed by atoms with Crippen molar-refractivity contribution in [2.45, 2.75) is 27.7 Å². The molecule has 0 aliphatic rings. The van der Waals surface area contributed by atoms with Gasteiger partial charge in [-0.3, -0.25) is 0 Å². The molecular weight excluding hydrogens is 186 g/mol. The summed E-state index contributed by atoms with van der Waals surface area (Å²) in [6.45, 7) is 8.52. The number of benzene rings is 1. The summed E-state index contributed by atoms with van der Waals surface area (Å²) in [5, 5.41) is 0. The van der Waals surface area contributed by atoms with Gasteiger partial charge in [0.25, 0.3) is 0 Å². The average molecular weight is 201 g/mol. The molecule has 0 aliphatic heterocycles. The van der Waals surface area contributed by atoms with Crippen molar-refractivity contribution >= 4 is 0 Å². The molecule has 0 fully saturated rings. The first-order chi connectivity index (χ1) is 7.11. The fourth-order valence-electron chi connectivity index (χ4n) is 1.94. The lowest BCUT2D eigenvalue weighted by molar-refractivity contribution is 0.558. The lowest BCUT2D eigenvalue weighted by Crippen LogP contribution is -1.94. The maximum absolute atomic E-state index is 5.05. The van der Waals surface area contributed by atoms with E-state index in [1.807, 2.05) is 0 Å². The molecule has 0 saturated heterocycles. The smallest absolute Gasteiger partial charge is 0.181 e. The Bertz CT molecular complexity index is 457. The molecule has 1 aromatic heterocycles. The minimum absolute atomic E-state index is 0.928. The molecule has 1 aromatic carbocycles. The summed E-state index contributed by atoms with van der Waals surface area (Å²) in [5.41, 5.74) is 7.31. The van der Waals surface area contributed by atoms with Crippen LogP contribution in [0.3, 0.4) is 0 Å². The van der Waals surface area contributed by atoms with Crippen LogP contribution in [-0.4, -0.2) is 4.98 Å². The molecule has 0 amide bonds. The quantitative estimate of drug-likeness (QED) is 0.704. The van der Waals surface area contributed by atoms with Crippen molar-refractivity contribution in [2.75, 3.05) is 0 Å². The van der Waals surface area contributed by atoms with E-state index in [0.717, 1.165) is 5.69 Å². The third-order valence-corrected chi connectivity index (χ3v) is 3.05. The topological polar surface area (TPSA) is 26.0 Å². The van der Waals surface area contributed by atoms with E-state index in [-0.39, 0.29) is 0 Å². The molecule has 0 bridgehead atoms. The molecule has 15 heavy (non-hydrogen) atoms. The third kappa shape index (κ3) is 1.56. The molecule has 0 radical (unpaired) electrons. The SMILES string of the molecule is Cc1cc(C)c(C)c(-c2cocn2)c1C. The summed E-state index contributed by atoms with van der Waals surface area (Å²) in [7, 11) is 0. The Morgan fingerprint density at radius 1 is 1.00 bits per heavy atom. The van der Waals surface area contributed by atoms with Crippen LogP contribution < -0.4 is 0 Å². The summed E-state index contributed by atoms with van der Waals surface area (Å²) in [6, 6.07) is 2.22. The number of hydrogen-bond donors (Lipinski definition) is 0. The van der Waals surface area contributed by atoms with Gasteiger partial charge in [-0.2, -0.15) is 0 Å². The van der Waals surface area contributed by atoms with Gasteiger partial charge < -0.3 is 4.42 Å². The van der Waals surface area contributed by atoms with Gasteiger partial charge in [0.1, 0.15) is 12.0 Å². The summed E-state index contributed by atoms with van der Waals surface area (Å²) in [5.74, 6) is 0. The lowest BCUT2D eigenvalue weighted by Gasteiger charge is -2.12. The fourth-order valence-corrected chi connectivity index (χ4v) is 1.94. The first-order valence-electron chi connectivity index (χ1n) is 5.07. The molecule has 0 atom stereocenters. The van der Waals surface area contributed by atoms with Crippen LogP contribution >= 0.6 is 0 Å². The molecule has 0 spiro atoms. The second kappa shape index (κ2) is 3.54. The maximum Gasteiger partial charge on any atom is 0.181 e. The highest BCUT2D eigenvalue weighted by atomic mass is 16.3. The van der Waals surface area contributed by atoms with Crippen LogP contribution in [0.15, 0.2) is 23.1 Å². The van der Waals surface area contributed by atoms with E-state index >= 15 is 0 Å². The van der Waals surface area contributed by atoms with Gasteiger partial charge in [-0.15, -0.1) is 0 Å². The highest BCUT2D eigenvalue weighted by molar-refractivity contribution is 5.69. The number of aryl methyl sites for hydroxylation is 2. The van der Waals surface area contributed by atoms with Crippen molar-refractivity contribution in [2.24, 2.45) is 0 Å². The van der Waals surface area contributed by atoms with Gasteiger partial charge in [0.05, 0.1) is 0 Å². The molecule has 2 heteroatoms. The minimum Gasteiger partial charge on any atom is -0.451 e. The zero-order valence-corrected chi connectivity index (χ0v) is 9.59. The van der Waals surface area contributed by atoms with Crippen molar-refractivity contribution in [1.82, 2.24) is 4.98 Å². The maximum atomic E-state index is 5.05. The van der Waals surface area contributed by atoms with Crippen molar-refractivity contribution < 1.29 is 4.42 Å². The van der Waals surface area contributed by atoms with Crippen LogP contribution in [0.2, 0.25) is 0 Å². The van der Waals surface area contributed by atoms with E-state index in [2.05, 4.69) is 38.7 Å². The van der Waals surface area contributed by atoms with E-state index in [4.69, 9.17) is 4.42 Å². The van der Waals surface area contributed by atoms with Crippen LogP contribution in [0, 0.1) is 27.7 Å². The normalized spacial score (nSPS) is 10.7. The summed E-state index contributed by atoms with van der Waals surface area (Å²) < 4.78 is 5.05. The van der Waals surface area contributed by atoms with Gasteiger partial charge >= 0.3 is 0 Å². The predicted molar refractivity (Wildman–Crippen MR) is 60.9 cm³/mol. The molecule has 1 heterocycles. The standard InChI is InChI=1S/C13H15NO/c1-8-5-9(2)11(4)13(10(8)3)12-6-15-7-14-12/h5-7H,1-4H3. The zero-order chi connectivity index (χ0) is 11.0. The van der Waals surface area contributed by atoms with E-state index in [0.29, 0.717) is 0 Å². The second-order valence-corrected chi connectivity index (χ2v) is 4.01. The lowest BCUT2D eigenvalue weighted by atomic mass is 9.93. The van der Waals surface area contributed by atoms with Gasteiger partial charge in [-0.05, 0) is 49.9 Å². The Balaban J connectivity index is 2.75. The number of aromatic nitrogens is 1. The van der Waals surface area contributed by atoms with E-state index in [1.54, 1.807) is 6.26 Å². The van der Waals surface area contributed by atoms with E-state index < -0.39 is 0 Å². The van der Waals surface area contributed by atoms with Crippen LogP contribution in [0.5, 0.6) is 0 Å². The van der Waals surface area contributed by atoms with Gasteiger partial charge in [0.15, 0.2) is 6.39 Å². The van der Waals surface area contributed by atoms with Crippen molar-refractivity contribution in [1.29, 1.82) is 0 Å². The van der Waals surface area contributed by atoms with Gasteiger partial charge in [0.2, 0.25) is 0 Å². The molecule has 2 nitrogen and oxygen atoms in total. The fraction of sp³-hybridized carbons (Fsp3) is 0.308. The first-order valence-corrected chi connectivity index (χ1v) is 5.07. The minimum atomic E-state index is 0.928. The Hall–Kier alpha value is -1.57. The Morgan fingerprint density at radius 2 is 1.60 bits per heavy atom. The molecule has 0 saturated carbocycles. The van der Waals surface area contributed by atoms with Crippen molar-refractivity contribution in [3.8, 4) is 11.3 Å². The zero-order valence-electron chi connectivity index (χ0n) is 9.59. The average Bonchev–Trinajstić information content (AvgIpc) is 2.69. The summed E-state index contributed by atoms with van der Waals surface area (Å²) >= 11 is 0. The predicted octanol–water partition coefficient (Wildman–Crippen LogP) is 3.58. The number of hydrogen-bond acceptors (Lipinski definition) is 2. The summed E-state index contributed by atoms with van der Waals surface area (Å²) in [4.78, 5) is 4.22. The largest absolute Gasteiger partial charge is 0.451 e. The Kier molecular flexibility index (Phi) is 2.35. The number of nitrogens with zero attached hydrogens (tertiary/aromatic N) is 1. The molecular formula is C13H15NO. The van der Waals surface area contributed by atoms with Crippen LogP contribution in [-0.2, 0) is 0 Å². The van der Waals surface area contributed by atoms with Gasteiger partial charge in [-0.1, -0.05) is 6.07 Å². The van der Waals surface area contributed by atoms with Crippen LogP contribution in [0.1, 0.15) is 22.3 Å². The molecule has 0 N–H and O–H groups in total.